The van der Waals surface area contributed by atoms with E-state index in [0.717, 1.165) is 42.1 Å². The molecular weight excluding hydrogens is 304 g/mol. The maximum Gasteiger partial charge on any atom is 0.272 e. The summed E-state index contributed by atoms with van der Waals surface area (Å²) >= 11 is 0. The van der Waals surface area contributed by atoms with Crippen molar-refractivity contribution >= 4 is 22.4 Å². The van der Waals surface area contributed by atoms with E-state index in [1.54, 1.807) is 25.1 Å². The molecule has 2 aromatic carbocycles. The second kappa shape index (κ2) is 6.70. The smallest absolute Gasteiger partial charge is 0.272 e. The molecule has 0 unspecified atom stereocenters. The molecule has 0 spiro atoms. The molecular formula is C18H20N4O2. The topological polar surface area (TPSA) is 73.0 Å². The van der Waals surface area contributed by atoms with E-state index in [9.17, 15) is 10.1 Å². The minimum Gasteiger partial charge on any atom is -0.385 e. The van der Waals surface area contributed by atoms with Gasteiger partial charge in [0.15, 0.2) is 0 Å². The van der Waals surface area contributed by atoms with E-state index in [1.165, 1.54) is 0 Å². The average Bonchev–Trinajstić information content (AvgIpc) is 2.92. The van der Waals surface area contributed by atoms with Crippen molar-refractivity contribution in [2.75, 3.05) is 11.9 Å². The van der Waals surface area contributed by atoms with Crippen molar-refractivity contribution in [2.45, 2.75) is 26.8 Å². The Kier molecular flexibility index (Phi) is 4.46. The molecule has 1 heterocycles. The third kappa shape index (κ3) is 3.08. The summed E-state index contributed by atoms with van der Waals surface area (Å²) in [6.45, 7) is 5.47. The van der Waals surface area contributed by atoms with Gasteiger partial charge in [0.25, 0.3) is 5.69 Å². The number of aryl methyl sites for hydroxylation is 2. The second-order valence-electron chi connectivity index (χ2n) is 5.70. The van der Waals surface area contributed by atoms with E-state index >= 15 is 0 Å². The van der Waals surface area contributed by atoms with E-state index < -0.39 is 0 Å². The number of para-hydroxylation sites is 2. The highest BCUT2D eigenvalue weighted by Crippen LogP contribution is 2.22. The minimum atomic E-state index is -0.358. The zero-order valence-electron chi connectivity index (χ0n) is 13.8. The standard InChI is InChI=1S/C18H20N4O2/c1-3-21-17-7-5-4-6-15(17)20-18(21)10-11-19-14-8-9-16(22(23)24)13(2)12-14/h4-9,12,19H,3,10-11H2,1-2H3. The first-order chi connectivity index (χ1) is 11.6. The number of rotatable bonds is 6. The lowest BCUT2D eigenvalue weighted by atomic mass is 10.2. The molecule has 0 bridgehead atoms. The van der Waals surface area contributed by atoms with Crippen molar-refractivity contribution in [3.05, 3.63) is 64.0 Å². The molecule has 0 aliphatic heterocycles. The van der Waals surface area contributed by atoms with Crippen LogP contribution in [0.5, 0.6) is 0 Å². The molecule has 3 aromatic rings. The Hall–Kier alpha value is -2.89. The predicted molar refractivity (Wildman–Crippen MR) is 95.4 cm³/mol. The summed E-state index contributed by atoms with van der Waals surface area (Å²) in [5.74, 6) is 1.05. The van der Waals surface area contributed by atoms with Crippen molar-refractivity contribution in [3.63, 3.8) is 0 Å². The quantitative estimate of drug-likeness (QED) is 0.551. The average molecular weight is 324 g/mol. The number of fused-ring (bicyclic) bond motifs is 1. The molecule has 3 rings (SSSR count). The Morgan fingerprint density at radius 1 is 1.25 bits per heavy atom. The van der Waals surface area contributed by atoms with Gasteiger partial charge >= 0.3 is 0 Å². The largest absolute Gasteiger partial charge is 0.385 e. The molecule has 124 valence electrons. The first kappa shape index (κ1) is 16.0. The van der Waals surface area contributed by atoms with Crippen molar-refractivity contribution in [1.82, 2.24) is 9.55 Å². The molecule has 0 fully saturated rings. The van der Waals surface area contributed by atoms with Crippen LogP contribution in [0.3, 0.4) is 0 Å². The van der Waals surface area contributed by atoms with Crippen LogP contribution in [0.2, 0.25) is 0 Å². The Bertz CT molecular complexity index is 886. The first-order valence-electron chi connectivity index (χ1n) is 8.03. The lowest BCUT2D eigenvalue weighted by molar-refractivity contribution is -0.385. The molecule has 24 heavy (non-hydrogen) atoms. The van der Waals surface area contributed by atoms with Gasteiger partial charge < -0.3 is 9.88 Å². The van der Waals surface area contributed by atoms with Gasteiger partial charge in [0.2, 0.25) is 0 Å². The predicted octanol–water partition coefficient (Wildman–Crippen LogP) is 3.93. The molecule has 6 heteroatoms. The van der Waals surface area contributed by atoms with Crippen LogP contribution in [0.15, 0.2) is 42.5 Å². The molecule has 0 atom stereocenters. The molecule has 0 aliphatic rings. The van der Waals surface area contributed by atoms with Gasteiger partial charge in [-0.1, -0.05) is 12.1 Å². The van der Waals surface area contributed by atoms with E-state index in [4.69, 9.17) is 4.98 Å². The maximum absolute atomic E-state index is 10.9. The number of anilines is 1. The van der Waals surface area contributed by atoms with Gasteiger partial charge in [-0.25, -0.2) is 4.98 Å². The maximum atomic E-state index is 10.9. The number of hydrogen-bond donors (Lipinski definition) is 1. The number of imidazole rings is 1. The van der Waals surface area contributed by atoms with Crippen LogP contribution >= 0.6 is 0 Å². The van der Waals surface area contributed by atoms with Gasteiger partial charge in [0.05, 0.1) is 16.0 Å². The molecule has 1 N–H and O–H groups in total. The van der Waals surface area contributed by atoms with Crippen LogP contribution in [0.4, 0.5) is 11.4 Å². The van der Waals surface area contributed by atoms with Crippen molar-refractivity contribution in [3.8, 4) is 0 Å². The zero-order valence-corrected chi connectivity index (χ0v) is 13.8. The Morgan fingerprint density at radius 3 is 2.75 bits per heavy atom. The van der Waals surface area contributed by atoms with E-state index in [0.29, 0.717) is 5.56 Å². The Balaban J connectivity index is 1.71. The first-order valence-corrected chi connectivity index (χ1v) is 8.03. The molecule has 0 saturated heterocycles. The van der Waals surface area contributed by atoms with Gasteiger partial charge in [0, 0.05) is 36.8 Å². The highest BCUT2D eigenvalue weighted by atomic mass is 16.6. The van der Waals surface area contributed by atoms with Gasteiger partial charge in [0.1, 0.15) is 5.82 Å². The fourth-order valence-corrected chi connectivity index (χ4v) is 2.96. The van der Waals surface area contributed by atoms with E-state index in [-0.39, 0.29) is 10.6 Å². The van der Waals surface area contributed by atoms with Crippen LogP contribution in [-0.2, 0) is 13.0 Å². The summed E-state index contributed by atoms with van der Waals surface area (Å²) in [5.41, 5.74) is 3.86. The van der Waals surface area contributed by atoms with Crippen molar-refractivity contribution < 1.29 is 4.92 Å². The third-order valence-corrected chi connectivity index (χ3v) is 4.12. The lowest BCUT2D eigenvalue weighted by Crippen LogP contribution is -2.10. The zero-order chi connectivity index (χ0) is 17.1. The molecule has 1 aromatic heterocycles. The van der Waals surface area contributed by atoms with E-state index in [1.807, 2.05) is 18.2 Å². The SMILES string of the molecule is CCn1c(CCNc2ccc([N+](=O)[O-])c(C)c2)nc2ccccc21. The third-order valence-electron chi connectivity index (χ3n) is 4.12. The number of nitrogens with zero attached hydrogens (tertiary/aromatic N) is 3. The molecule has 0 radical (unpaired) electrons. The van der Waals surface area contributed by atoms with Gasteiger partial charge in [-0.05, 0) is 38.1 Å². The number of nitrogens with one attached hydrogen (secondary N) is 1. The van der Waals surface area contributed by atoms with Crippen molar-refractivity contribution in [2.24, 2.45) is 0 Å². The fraction of sp³-hybridized carbons (Fsp3) is 0.278. The van der Waals surface area contributed by atoms with Crippen LogP contribution in [0.1, 0.15) is 18.3 Å². The van der Waals surface area contributed by atoms with Crippen LogP contribution < -0.4 is 5.32 Å². The summed E-state index contributed by atoms with van der Waals surface area (Å²) in [4.78, 5) is 15.2. The van der Waals surface area contributed by atoms with Gasteiger partial charge in [-0.2, -0.15) is 0 Å². The fourth-order valence-electron chi connectivity index (χ4n) is 2.96. The highest BCUT2D eigenvalue weighted by Gasteiger charge is 2.11. The molecule has 6 nitrogen and oxygen atoms in total. The molecule has 0 aliphatic carbocycles. The van der Waals surface area contributed by atoms with Crippen LogP contribution in [0.25, 0.3) is 11.0 Å². The second-order valence-corrected chi connectivity index (χ2v) is 5.70. The molecule has 0 amide bonds. The number of nitro benzene ring substituents is 1. The summed E-state index contributed by atoms with van der Waals surface area (Å²) in [5, 5.41) is 14.2. The molecule has 0 saturated carbocycles. The number of benzene rings is 2. The summed E-state index contributed by atoms with van der Waals surface area (Å²) in [7, 11) is 0. The Labute approximate surface area is 140 Å². The summed E-state index contributed by atoms with van der Waals surface area (Å²) in [6, 6.07) is 13.2. The minimum absolute atomic E-state index is 0.147. The van der Waals surface area contributed by atoms with Crippen LogP contribution in [-0.4, -0.2) is 21.0 Å². The highest BCUT2D eigenvalue weighted by molar-refractivity contribution is 5.75. The van der Waals surface area contributed by atoms with Gasteiger partial charge in [-0.15, -0.1) is 0 Å². The monoisotopic (exact) mass is 324 g/mol. The normalized spacial score (nSPS) is 10.9. The lowest BCUT2D eigenvalue weighted by Gasteiger charge is -2.09. The summed E-state index contributed by atoms with van der Waals surface area (Å²) < 4.78 is 2.22. The summed E-state index contributed by atoms with van der Waals surface area (Å²) in [6.07, 6.45) is 0.790. The number of nitro groups is 1. The Morgan fingerprint density at radius 2 is 2.04 bits per heavy atom. The number of aromatic nitrogens is 2. The van der Waals surface area contributed by atoms with Crippen molar-refractivity contribution in [1.29, 1.82) is 0 Å². The van der Waals surface area contributed by atoms with Crippen LogP contribution in [0, 0.1) is 17.0 Å². The number of hydrogen-bond acceptors (Lipinski definition) is 4. The van der Waals surface area contributed by atoms with Gasteiger partial charge in [-0.3, -0.25) is 10.1 Å². The van der Waals surface area contributed by atoms with E-state index in [2.05, 4.69) is 22.9 Å².